The SMILES string of the molecule is O=c1/c(=C\c2cc([N+](=O)[O-])ccc2OCc2ccc(Cl)cc2)sc2nc3ccccc3n12. The van der Waals surface area contributed by atoms with Crippen molar-refractivity contribution in [2.45, 2.75) is 6.61 Å². The molecule has 0 saturated heterocycles. The maximum Gasteiger partial charge on any atom is 0.274 e. The lowest BCUT2D eigenvalue weighted by Crippen LogP contribution is -2.22. The molecular weight excluding hydrogens is 450 g/mol. The summed E-state index contributed by atoms with van der Waals surface area (Å²) in [5.74, 6) is 0.431. The Morgan fingerprint density at radius 1 is 1.12 bits per heavy atom. The Bertz CT molecular complexity index is 1590. The summed E-state index contributed by atoms with van der Waals surface area (Å²) in [6.07, 6.45) is 1.61. The number of rotatable bonds is 5. The third-order valence-corrected chi connectivity index (χ3v) is 6.16. The smallest absolute Gasteiger partial charge is 0.274 e. The van der Waals surface area contributed by atoms with E-state index in [1.807, 2.05) is 36.4 Å². The van der Waals surface area contributed by atoms with E-state index >= 15 is 0 Å². The van der Waals surface area contributed by atoms with Crippen LogP contribution in [0.15, 0.2) is 71.5 Å². The van der Waals surface area contributed by atoms with Crippen molar-refractivity contribution in [3.63, 3.8) is 0 Å². The zero-order chi connectivity index (χ0) is 22.2. The van der Waals surface area contributed by atoms with E-state index in [-0.39, 0.29) is 17.9 Å². The molecule has 2 aromatic heterocycles. The van der Waals surface area contributed by atoms with Gasteiger partial charge in [-0.05, 0) is 42.0 Å². The molecule has 0 aliphatic heterocycles. The molecule has 32 heavy (non-hydrogen) atoms. The number of aromatic nitrogens is 2. The Morgan fingerprint density at radius 3 is 2.69 bits per heavy atom. The van der Waals surface area contributed by atoms with Crippen molar-refractivity contribution >= 4 is 50.7 Å². The van der Waals surface area contributed by atoms with Gasteiger partial charge in [-0.1, -0.05) is 47.2 Å². The summed E-state index contributed by atoms with van der Waals surface area (Å²) in [4.78, 5) is 29.0. The number of nitro groups is 1. The Balaban J connectivity index is 1.59. The number of para-hydroxylation sites is 2. The van der Waals surface area contributed by atoms with E-state index in [1.54, 1.807) is 28.7 Å². The molecule has 0 fully saturated rings. The maximum absolute atomic E-state index is 13.1. The average molecular weight is 464 g/mol. The highest BCUT2D eigenvalue weighted by Crippen LogP contribution is 2.26. The first-order valence-corrected chi connectivity index (χ1v) is 10.8. The van der Waals surface area contributed by atoms with Crippen LogP contribution in [0.25, 0.3) is 22.1 Å². The lowest BCUT2D eigenvalue weighted by Gasteiger charge is -2.09. The molecule has 0 unspecified atom stereocenters. The molecule has 5 rings (SSSR count). The number of fused-ring (bicyclic) bond motifs is 3. The van der Waals surface area contributed by atoms with Crippen molar-refractivity contribution in [1.29, 1.82) is 0 Å². The van der Waals surface area contributed by atoms with E-state index in [9.17, 15) is 14.9 Å². The Kier molecular flexibility index (Phi) is 5.08. The molecule has 9 heteroatoms. The fourth-order valence-electron chi connectivity index (χ4n) is 3.39. The van der Waals surface area contributed by atoms with Gasteiger partial charge in [0.2, 0.25) is 0 Å². The maximum atomic E-state index is 13.1. The van der Waals surface area contributed by atoms with E-state index < -0.39 is 4.92 Å². The molecule has 7 nitrogen and oxygen atoms in total. The summed E-state index contributed by atoms with van der Waals surface area (Å²) in [7, 11) is 0. The number of non-ortho nitro benzene ring substituents is 1. The molecule has 0 amide bonds. The minimum absolute atomic E-state index is 0.0886. The van der Waals surface area contributed by atoms with Crippen LogP contribution in [0.3, 0.4) is 0 Å². The van der Waals surface area contributed by atoms with E-state index in [0.29, 0.717) is 25.8 Å². The molecule has 0 radical (unpaired) electrons. The zero-order valence-electron chi connectivity index (χ0n) is 16.4. The number of nitrogens with zero attached hydrogens (tertiary/aromatic N) is 3. The fraction of sp³-hybridized carbons (Fsp3) is 0.0435. The third-order valence-electron chi connectivity index (χ3n) is 4.94. The van der Waals surface area contributed by atoms with Crippen LogP contribution in [0.5, 0.6) is 5.75 Å². The van der Waals surface area contributed by atoms with Gasteiger partial charge in [-0.3, -0.25) is 14.9 Å². The van der Waals surface area contributed by atoms with E-state index in [4.69, 9.17) is 16.3 Å². The first-order valence-electron chi connectivity index (χ1n) is 9.57. The van der Waals surface area contributed by atoms with Crippen LogP contribution in [0.4, 0.5) is 5.69 Å². The fourth-order valence-corrected chi connectivity index (χ4v) is 4.49. The summed E-state index contributed by atoms with van der Waals surface area (Å²) >= 11 is 7.15. The van der Waals surface area contributed by atoms with Gasteiger partial charge in [-0.2, -0.15) is 0 Å². The highest BCUT2D eigenvalue weighted by atomic mass is 35.5. The molecular formula is C23H14ClN3O4S. The van der Waals surface area contributed by atoms with Gasteiger partial charge in [0.05, 0.1) is 20.5 Å². The van der Waals surface area contributed by atoms with Crippen molar-refractivity contribution in [3.05, 3.63) is 108 Å². The van der Waals surface area contributed by atoms with Crippen LogP contribution < -0.4 is 14.8 Å². The number of thiazole rings is 1. The predicted molar refractivity (Wildman–Crippen MR) is 125 cm³/mol. The van der Waals surface area contributed by atoms with E-state index in [1.165, 1.54) is 23.5 Å². The number of benzene rings is 3. The van der Waals surface area contributed by atoms with Crippen molar-refractivity contribution in [3.8, 4) is 5.75 Å². The van der Waals surface area contributed by atoms with E-state index in [2.05, 4.69) is 4.98 Å². The second-order valence-corrected chi connectivity index (χ2v) is 8.47. The summed E-state index contributed by atoms with van der Waals surface area (Å²) in [5.41, 5.74) is 2.48. The Hall–Kier alpha value is -3.75. The molecule has 0 aliphatic carbocycles. The molecule has 0 atom stereocenters. The monoisotopic (exact) mass is 463 g/mol. The minimum atomic E-state index is -0.479. The van der Waals surface area contributed by atoms with Gasteiger partial charge >= 0.3 is 0 Å². The van der Waals surface area contributed by atoms with Gasteiger partial charge in [0.1, 0.15) is 12.4 Å². The minimum Gasteiger partial charge on any atom is -0.488 e. The number of nitro benzene ring substituents is 1. The Morgan fingerprint density at radius 2 is 1.91 bits per heavy atom. The Labute approximate surface area is 189 Å². The normalized spacial score (nSPS) is 12.0. The predicted octanol–water partition coefficient (Wildman–Crippen LogP) is 4.60. The van der Waals surface area contributed by atoms with Crippen LogP contribution in [-0.2, 0) is 6.61 Å². The summed E-state index contributed by atoms with van der Waals surface area (Å²) in [6, 6.07) is 18.9. The molecule has 0 bridgehead atoms. The van der Waals surface area contributed by atoms with Gasteiger partial charge in [-0.25, -0.2) is 9.38 Å². The standard InChI is InChI=1S/C23H14ClN3O4S/c24-16-7-5-14(6-8-16)13-31-20-10-9-17(27(29)30)11-15(20)12-21-22(28)26-19-4-2-1-3-18(19)25-23(26)32-21/h1-12H,13H2/b21-12+. The van der Waals surface area contributed by atoms with Gasteiger partial charge < -0.3 is 4.74 Å². The van der Waals surface area contributed by atoms with Crippen molar-refractivity contribution in [2.75, 3.05) is 0 Å². The quantitative estimate of drug-likeness (QED) is 0.281. The van der Waals surface area contributed by atoms with Gasteiger partial charge in [0, 0.05) is 22.7 Å². The number of ether oxygens (including phenoxy) is 1. The zero-order valence-corrected chi connectivity index (χ0v) is 18.0. The van der Waals surface area contributed by atoms with Crippen LogP contribution >= 0.6 is 22.9 Å². The first-order chi connectivity index (χ1) is 15.5. The van der Waals surface area contributed by atoms with Crippen LogP contribution in [0.1, 0.15) is 11.1 Å². The third kappa shape index (κ3) is 3.70. The van der Waals surface area contributed by atoms with Crippen molar-refractivity contribution < 1.29 is 9.66 Å². The summed E-state index contributed by atoms with van der Waals surface area (Å²) in [5, 5.41) is 11.9. The van der Waals surface area contributed by atoms with E-state index in [0.717, 1.165) is 16.6 Å². The molecule has 5 aromatic rings. The molecule has 0 aliphatic rings. The largest absolute Gasteiger partial charge is 0.488 e. The summed E-state index contributed by atoms with van der Waals surface area (Å²) < 4.78 is 7.88. The lowest BCUT2D eigenvalue weighted by molar-refractivity contribution is -0.384. The van der Waals surface area contributed by atoms with Crippen LogP contribution in [-0.4, -0.2) is 14.3 Å². The average Bonchev–Trinajstić information content (AvgIpc) is 3.30. The number of hydrogen-bond donors (Lipinski definition) is 0. The molecule has 2 heterocycles. The van der Waals surface area contributed by atoms with Crippen LogP contribution in [0, 0.1) is 10.1 Å². The first kappa shape index (κ1) is 20.2. The van der Waals surface area contributed by atoms with Crippen LogP contribution in [0.2, 0.25) is 5.02 Å². The highest BCUT2D eigenvalue weighted by Gasteiger charge is 2.14. The lowest BCUT2D eigenvalue weighted by atomic mass is 10.1. The molecule has 0 N–H and O–H groups in total. The topological polar surface area (TPSA) is 86.7 Å². The summed E-state index contributed by atoms with van der Waals surface area (Å²) in [6.45, 7) is 0.248. The highest BCUT2D eigenvalue weighted by molar-refractivity contribution is 7.15. The second-order valence-electron chi connectivity index (χ2n) is 7.03. The van der Waals surface area contributed by atoms with Crippen molar-refractivity contribution in [1.82, 2.24) is 9.38 Å². The molecule has 0 spiro atoms. The number of imidazole rings is 1. The molecule has 3 aromatic carbocycles. The van der Waals surface area contributed by atoms with Gasteiger partial charge in [0.15, 0.2) is 4.96 Å². The molecule has 0 saturated carbocycles. The number of hydrogen-bond acceptors (Lipinski definition) is 6. The second kappa shape index (κ2) is 8.07. The number of halogens is 1. The van der Waals surface area contributed by atoms with Gasteiger partial charge in [0.25, 0.3) is 11.2 Å². The van der Waals surface area contributed by atoms with Crippen molar-refractivity contribution in [2.24, 2.45) is 0 Å². The molecule has 158 valence electrons. The van der Waals surface area contributed by atoms with Gasteiger partial charge in [-0.15, -0.1) is 0 Å².